The Morgan fingerprint density at radius 2 is 1.13 bits per heavy atom. The molecule has 0 fully saturated rings. The Kier molecular flexibility index (Phi) is 6.72. The van der Waals surface area contributed by atoms with E-state index in [1.165, 1.54) is 24.3 Å². The summed E-state index contributed by atoms with van der Waals surface area (Å²) >= 11 is 0. The van der Waals surface area contributed by atoms with Crippen molar-refractivity contribution < 1.29 is 25.2 Å². The van der Waals surface area contributed by atoms with Crippen molar-refractivity contribution in [3.63, 3.8) is 0 Å². The predicted molar refractivity (Wildman–Crippen MR) is 113 cm³/mol. The second-order valence-electron chi connectivity index (χ2n) is 6.81. The molecule has 1 atom stereocenters. The standard InChI is InChI=1S/C22H22O6S2/c1-17-8-12-20(13-9-17)29(23,24)27-16-22(19-6-4-3-5-7-19)28-30(25,26)21-14-10-18(2)11-15-21/h3-15,22H,16H2,1-2H3/t22-/m0/s1. The van der Waals surface area contributed by atoms with Gasteiger partial charge in [0.15, 0.2) is 0 Å². The summed E-state index contributed by atoms with van der Waals surface area (Å²) in [6, 6.07) is 20.9. The molecular weight excluding hydrogens is 424 g/mol. The van der Waals surface area contributed by atoms with Gasteiger partial charge in [-0.2, -0.15) is 16.8 Å². The molecule has 0 aliphatic rings. The molecule has 30 heavy (non-hydrogen) atoms. The third-order valence-corrected chi connectivity index (χ3v) is 7.04. The van der Waals surface area contributed by atoms with E-state index in [1.54, 1.807) is 54.6 Å². The van der Waals surface area contributed by atoms with Crippen LogP contribution in [0.25, 0.3) is 0 Å². The minimum Gasteiger partial charge on any atom is -0.263 e. The van der Waals surface area contributed by atoms with Gasteiger partial charge in [-0.25, -0.2) is 0 Å². The summed E-state index contributed by atoms with van der Waals surface area (Å²) in [7, 11) is -8.22. The van der Waals surface area contributed by atoms with Gasteiger partial charge >= 0.3 is 0 Å². The molecule has 0 unspecified atom stereocenters. The second-order valence-corrected chi connectivity index (χ2v) is 10.0. The summed E-state index contributed by atoms with van der Waals surface area (Å²) < 4.78 is 61.1. The molecule has 0 N–H and O–H groups in total. The average molecular weight is 447 g/mol. The van der Waals surface area contributed by atoms with Crippen LogP contribution in [0.3, 0.4) is 0 Å². The predicted octanol–water partition coefficient (Wildman–Crippen LogP) is 4.16. The third-order valence-electron chi connectivity index (χ3n) is 4.41. The lowest BCUT2D eigenvalue weighted by atomic mass is 10.1. The van der Waals surface area contributed by atoms with Crippen molar-refractivity contribution in [2.45, 2.75) is 29.7 Å². The molecule has 6 nitrogen and oxygen atoms in total. The Morgan fingerprint density at radius 3 is 1.63 bits per heavy atom. The highest BCUT2D eigenvalue weighted by Gasteiger charge is 2.26. The summed E-state index contributed by atoms with van der Waals surface area (Å²) in [5, 5.41) is 0. The van der Waals surface area contributed by atoms with Gasteiger partial charge in [-0.15, -0.1) is 0 Å². The molecular formula is C22H22O6S2. The van der Waals surface area contributed by atoms with Crippen molar-refractivity contribution in [1.29, 1.82) is 0 Å². The second kappa shape index (κ2) is 9.09. The minimum atomic E-state index is -4.14. The fraction of sp³-hybridized carbons (Fsp3) is 0.182. The first-order valence-corrected chi connectivity index (χ1v) is 12.0. The van der Waals surface area contributed by atoms with Crippen LogP contribution in [-0.4, -0.2) is 23.4 Å². The normalized spacial score (nSPS) is 13.1. The van der Waals surface area contributed by atoms with Gasteiger partial charge < -0.3 is 0 Å². The average Bonchev–Trinajstić information content (AvgIpc) is 2.72. The Bertz CT molecular complexity index is 1180. The first-order valence-electron chi connectivity index (χ1n) is 9.18. The van der Waals surface area contributed by atoms with Gasteiger partial charge in [-0.3, -0.25) is 8.37 Å². The van der Waals surface area contributed by atoms with E-state index in [4.69, 9.17) is 8.37 Å². The van der Waals surface area contributed by atoms with E-state index in [0.29, 0.717) is 5.56 Å². The van der Waals surface area contributed by atoms with Crippen LogP contribution in [0.4, 0.5) is 0 Å². The molecule has 8 heteroatoms. The van der Waals surface area contributed by atoms with Gasteiger partial charge in [-0.05, 0) is 43.7 Å². The van der Waals surface area contributed by atoms with Crippen molar-refractivity contribution in [1.82, 2.24) is 0 Å². The minimum absolute atomic E-state index is 0.0127. The largest absolute Gasteiger partial charge is 0.297 e. The summed E-state index contributed by atoms with van der Waals surface area (Å²) in [6.45, 7) is 3.19. The molecule has 0 aliphatic carbocycles. The molecule has 0 aliphatic heterocycles. The lowest BCUT2D eigenvalue weighted by molar-refractivity contribution is 0.139. The molecule has 3 aromatic carbocycles. The van der Waals surface area contributed by atoms with E-state index < -0.39 is 32.9 Å². The molecule has 0 amide bonds. The lowest BCUT2D eigenvalue weighted by Crippen LogP contribution is -2.19. The molecule has 3 aromatic rings. The number of benzene rings is 3. The molecule has 0 aromatic heterocycles. The van der Waals surface area contributed by atoms with Crippen LogP contribution in [0.2, 0.25) is 0 Å². The number of hydrogen-bond donors (Lipinski definition) is 0. The highest BCUT2D eigenvalue weighted by Crippen LogP contribution is 2.26. The van der Waals surface area contributed by atoms with Crippen molar-refractivity contribution >= 4 is 20.2 Å². The monoisotopic (exact) mass is 446 g/mol. The van der Waals surface area contributed by atoms with Gasteiger partial charge in [0.1, 0.15) is 6.10 Å². The van der Waals surface area contributed by atoms with Crippen molar-refractivity contribution in [3.8, 4) is 0 Å². The zero-order valence-electron chi connectivity index (χ0n) is 16.6. The van der Waals surface area contributed by atoms with Crippen LogP contribution in [0.5, 0.6) is 0 Å². The van der Waals surface area contributed by atoms with E-state index in [2.05, 4.69) is 0 Å². The van der Waals surface area contributed by atoms with Crippen molar-refractivity contribution in [2.75, 3.05) is 6.61 Å². The first kappa shape index (κ1) is 22.2. The van der Waals surface area contributed by atoms with Crippen LogP contribution in [0, 0.1) is 13.8 Å². The van der Waals surface area contributed by atoms with Crippen molar-refractivity contribution in [3.05, 3.63) is 95.6 Å². The van der Waals surface area contributed by atoms with E-state index in [1.807, 2.05) is 13.8 Å². The van der Waals surface area contributed by atoms with Gasteiger partial charge in [0, 0.05) is 0 Å². The maximum atomic E-state index is 12.7. The van der Waals surface area contributed by atoms with Gasteiger partial charge in [0.25, 0.3) is 20.2 Å². The first-order chi connectivity index (χ1) is 14.2. The fourth-order valence-corrected chi connectivity index (χ4v) is 4.65. The van der Waals surface area contributed by atoms with E-state index in [0.717, 1.165) is 11.1 Å². The zero-order valence-corrected chi connectivity index (χ0v) is 18.2. The summed E-state index contributed by atoms with van der Waals surface area (Å²) in [5.41, 5.74) is 2.29. The summed E-state index contributed by atoms with van der Waals surface area (Å²) in [6.07, 6.45) is -1.14. The summed E-state index contributed by atoms with van der Waals surface area (Å²) in [4.78, 5) is -0.0308. The Labute approximate surface area is 177 Å². The van der Waals surface area contributed by atoms with Crippen molar-refractivity contribution in [2.24, 2.45) is 0 Å². The van der Waals surface area contributed by atoms with E-state index in [9.17, 15) is 16.8 Å². The van der Waals surface area contributed by atoms with Gasteiger partial charge in [-0.1, -0.05) is 65.7 Å². The van der Waals surface area contributed by atoms with Crippen LogP contribution >= 0.6 is 0 Å². The topological polar surface area (TPSA) is 86.7 Å². The smallest absolute Gasteiger partial charge is 0.263 e. The van der Waals surface area contributed by atoms with Crippen LogP contribution in [-0.2, 0) is 28.6 Å². The van der Waals surface area contributed by atoms with Crippen LogP contribution < -0.4 is 0 Å². The Balaban J connectivity index is 1.85. The maximum Gasteiger partial charge on any atom is 0.297 e. The zero-order chi connectivity index (χ0) is 21.8. The lowest BCUT2D eigenvalue weighted by Gasteiger charge is -2.18. The molecule has 0 spiro atoms. The highest BCUT2D eigenvalue weighted by atomic mass is 32.2. The molecule has 3 rings (SSSR count). The SMILES string of the molecule is Cc1ccc(S(=O)(=O)OC[C@H](OS(=O)(=O)c2ccc(C)cc2)c2ccccc2)cc1. The summed E-state index contributed by atoms with van der Waals surface area (Å²) in [5.74, 6) is 0. The molecule has 158 valence electrons. The Morgan fingerprint density at radius 1 is 0.667 bits per heavy atom. The molecule has 0 saturated carbocycles. The van der Waals surface area contributed by atoms with Gasteiger partial charge in [0.05, 0.1) is 16.4 Å². The fourth-order valence-electron chi connectivity index (χ4n) is 2.69. The number of aryl methyl sites for hydroxylation is 2. The molecule has 0 saturated heterocycles. The Hall–Kier alpha value is -2.52. The third kappa shape index (κ3) is 5.54. The molecule has 0 radical (unpaired) electrons. The quantitative estimate of drug-likeness (QED) is 0.483. The molecule has 0 heterocycles. The van der Waals surface area contributed by atoms with E-state index >= 15 is 0 Å². The van der Waals surface area contributed by atoms with Gasteiger partial charge in [0.2, 0.25) is 0 Å². The van der Waals surface area contributed by atoms with E-state index in [-0.39, 0.29) is 9.79 Å². The van der Waals surface area contributed by atoms with Crippen LogP contribution in [0.1, 0.15) is 22.8 Å². The van der Waals surface area contributed by atoms with Crippen LogP contribution in [0.15, 0.2) is 88.7 Å². The highest BCUT2D eigenvalue weighted by molar-refractivity contribution is 7.87. The number of rotatable bonds is 8. The maximum absolute atomic E-state index is 12.7. The number of hydrogen-bond acceptors (Lipinski definition) is 6. The molecule has 0 bridgehead atoms.